The first kappa shape index (κ1) is 13.2. The van der Waals surface area contributed by atoms with Crippen LogP contribution in [0.25, 0.3) is 0 Å². The van der Waals surface area contributed by atoms with E-state index in [-0.39, 0.29) is 5.91 Å². The van der Waals surface area contributed by atoms with E-state index in [0.717, 1.165) is 24.6 Å². The largest absolute Gasteiger partial charge is 0.300 e. The summed E-state index contributed by atoms with van der Waals surface area (Å²) < 4.78 is 0. The molecule has 0 aliphatic rings. The number of carbonyl (C=O) groups is 1. The first-order valence-corrected chi connectivity index (χ1v) is 6.61. The van der Waals surface area contributed by atoms with Gasteiger partial charge in [0.25, 0.3) is 0 Å². The predicted molar refractivity (Wildman–Crippen MR) is 69.9 cm³/mol. The molecule has 1 aromatic rings. The molecule has 0 aromatic carbocycles. The minimum Gasteiger partial charge on any atom is -0.300 e. The number of hydrogen-bond donors (Lipinski definition) is 0. The van der Waals surface area contributed by atoms with Crippen LogP contribution in [-0.2, 0) is 4.79 Å². The maximum atomic E-state index is 11.8. The molecule has 3 nitrogen and oxygen atoms in total. The minimum atomic E-state index is 0.133. The summed E-state index contributed by atoms with van der Waals surface area (Å²) in [6, 6.07) is 5.57. The topological polar surface area (TPSA) is 33.2 Å². The van der Waals surface area contributed by atoms with Gasteiger partial charge in [0.05, 0.1) is 0 Å². The summed E-state index contributed by atoms with van der Waals surface area (Å²) in [5.74, 6) is 0.848. The Bertz CT molecular complexity index is 316. The standard InChI is InChI=1S/C12H17BrN2O/c1-15(11-7-4-6-10-14-11)12(16)8-3-2-5-9-13/h4,6-7,10H,2-3,5,8-9H2,1H3. The predicted octanol–water partition coefficient (Wildman–Crippen LogP) is 3.00. The molecule has 0 atom stereocenters. The van der Waals surface area contributed by atoms with Crippen molar-refractivity contribution < 1.29 is 4.79 Å². The highest BCUT2D eigenvalue weighted by Gasteiger charge is 2.10. The van der Waals surface area contributed by atoms with Gasteiger partial charge in [-0.3, -0.25) is 9.69 Å². The van der Waals surface area contributed by atoms with Crippen molar-refractivity contribution >= 4 is 27.7 Å². The molecule has 4 heteroatoms. The van der Waals surface area contributed by atoms with Crippen molar-refractivity contribution in [1.82, 2.24) is 4.98 Å². The first-order chi connectivity index (χ1) is 7.75. The molecule has 0 fully saturated rings. The lowest BCUT2D eigenvalue weighted by atomic mass is 10.2. The minimum absolute atomic E-state index is 0.133. The van der Waals surface area contributed by atoms with Crippen LogP contribution < -0.4 is 4.90 Å². The molecule has 0 saturated heterocycles. The molecule has 16 heavy (non-hydrogen) atoms. The van der Waals surface area contributed by atoms with Gasteiger partial charge in [0.1, 0.15) is 5.82 Å². The van der Waals surface area contributed by atoms with Crippen molar-refractivity contribution in [2.75, 3.05) is 17.3 Å². The quantitative estimate of drug-likeness (QED) is 0.594. The molecule has 0 spiro atoms. The van der Waals surface area contributed by atoms with Gasteiger partial charge in [0, 0.05) is 25.0 Å². The number of hydrogen-bond acceptors (Lipinski definition) is 2. The smallest absolute Gasteiger partial charge is 0.227 e. The summed E-state index contributed by atoms with van der Waals surface area (Å²) in [6.07, 6.45) is 5.46. The molecule has 0 aliphatic carbocycles. The van der Waals surface area contributed by atoms with Crippen LogP contribution in [0.5, 0.6) is 0 Å². The molecule has 1 amide bonds. The van der Waals surface area contributed by atoms with Gasteiger partial charge in [-0.25, -0.2) is 4.98 Å². The Hall–Kier alpha value is -0.900. The number of unbranched alkanes of at least 4 members (excludes halogenated alkanes) is 2. The van der Waals surface area contributed by atoms with Crippen LogP contribution in [0.2, 0.25) is 0 Å². The van der Waals surface area contributed by atoms with Gasteiger partial charge >= 0.3 is 0 Å². The molecular weight excluding hydrogens is 268 g/mol. The Kier molecular flexibility index (Phi) is 6.08. The van der Waals surface area contributed by atoms with E-state index in [0.29, 0.717) is 12.2 Å². The van der Waals surface area contributed by atoms with Crippen molar-refractivity contribution in [1.29, 1.82) is 0 Å². The van der Waals surface area contributed by atoms with Crippen molar-refractivity contribution in [2.45, 2.75) is 25.7 Å². The van der Waals surface area contributed by atoms with Gasteiger partial charge in [-0.1, -0.05) is 28.4 Å². The Morgan fingerprint density at radius 1 is 1.38 bits per heavy atom. The van der Waals surface area contributed by atoms with Gasteiger partial charge in [0.2, 0.25) is 5.91 Å². The molecule has 0 unspecified atom stereocenters. The van der Waals surface area contributed by atoms with Crippen LogP contribution in [0.3, 0.4) is 0 Å². The Balaban J connectivity index is 2.37. The zero-order chi connectivity index (χ0) is 11.8. The average Bonchev–Trinajstić information content (AvgIpc) is 2.34. The fraction of sp³-hybridized carbons (Fsp3) is 0.500. The Labute approximate surface area is 105 Å². The van der Waals surface area contributed by atoms with Gasteiger partial charge in [0.15, 0.2) is 0 Å². The molecule has 1 aromatic heterocycles. The van der Waals surface area contributed by atoms with Crippen molar-refractivity contribution in [2.24, 2.45) is 0 Å². The number of pyridine rings is 1. The van der Waals surface area contributed by atoms with Gasteiger partial charge < -0.3 is 0 Å². The van der Waals surface area contributed by atoms with Crippen molar-refractivity contribution in [3.63, 3.8) is 0 Å². The number of alkyl halides is 1. The van der Waals surface area contributed by atoms with Crippen LogP contribution >= 0.6 is 15.9 Å². The molecule has 1 rings (SSSR count). The van der Waals surface area contributed by atoms with E-state index in [4.69, 9.17) is 0 Å². The van der Waals surface area contributed by atoms with E-state index >= 15 is 0 Å². The highest BCUT2D eigenvalue weighted by molar-refractivity contribution is 9.09. The second kappa shape index (κ2) is 7.39. The van der Waals surface area contributed by atoms with Crippen LogP contribution in [0.1, 0.15) is 25.7 Å². The summed E-state index contributed by atoms with van der Waals surface area (Å²) in [5, 5.41) is 1.01. The van der Waals surface area contributed by atoms with Crippen LogP contribution in [0, 0.1) is 0 Å². The molecule has 0 N–H and O–H groups in total. The lowest BCUT2D eigenvalue weighted by molar-refractivity contribution is -0.118. The van der Waals surface area contributed by atoms with Crippen molar-refractivity contribution in [3.05, 3.63) is 24.4 Å². The number of anilines is 1. The molecule has 0 saturated carbocycles. The monoisotopic (exact) mass is 284 g/mol. The summed E-state index contributed by atoms with van der Waals surface area (Å²) >= 11 is 3.38. The normalized spacial score (nSPS) is 10.1. The van der Waals surface area contributed by atoms with E-state index in [1.54, 1.807) is 18.1 Å². The zero-order valence-corrected chi connectivity index (χ0v) is 11.1. The summed E-state index contributed by atoms with van der Waals surface area (Å²) in [4.78, 5) is 17.5. The van der Waals surface area contributed by atoms with Gasteiger partial charge in [-0.15, -0.1) is 0 Å². The van der Waals surface area contributed by atoms with Crippen LogP contribution in [0.4, 0.5) is 5.82 Å². The third-order valence-electron chi connectivity index (χ3n) is 2.39. The summed E-state index contributed by atoms with van der Waals surface area (Å²) in [6.45, 7) is 0. The highest BCUT2D eigenvalue weighted by atomic mass is 79.9. The fourth-order valence-corrected chi connectivity index (χ4v) is 1.79. The molecule has 1 heterocycles. The van der Waals surface area contributed by atoms with E-state index in [9.17, 15) is 4.79 Å². The van der Waals surface area contributed by atoms with E-state index in [1.807, 2.05) is 18.2 Å². The SMILES string of the molecule is CN(C(=O)CCCCCBr)c1ccccn1. The molecular formula is C12H17BrN2O. The van der Waals surface area contributed by atoms with Crippen LogP contribution in [0.15, 0.2) is 24.4 Å². The fourth-order valence-electron chi connectivity index (χ4n) is 1.40. The molecule has 88 valence electrons. The Morgan fingerprint density at radius 3 is 2.81 bits per heavy atom. The van der Waals surface area contributed by atoms with Crippen molar-refractivity contribution in [3.8, 4) is 0 Å². The second-order valence-electron chi connectivity index (χ2n) is 3.64. The lowest BCUT2D eigenvalue weighted by Crippen LogP contribution is -2.26. The van der Waals surface area contributed by atoms with E-state index < -0.39 is 0 Å². The van der Waals surface area contributed by atoms with E-state index in [2.05, 4.69) is 20.9 Å². The molecule has 0 radical (unpaired) electrons. The number of halogens is 1. The Morgan fingerprint density at radius 2 is 2.19 bits per heavy atom. The molecule has 0 bridgehead atoms. The van der Waals surface area contributed by atoms with Gasteiger partial charge in [-0.2, -0.15) is 0 Å². The number of nitrogens with zero attached hydrogens (tertiary/aromatic N) is 2. The molecule has 0 aliphatic heterocycles. The van der Waals surface area contributed by atoms with Crippen LogP contribution in [-0.4, -0.2) is 23.3 Å². The average molecular weight is 285 g/mol. The first-order valence-electron chi connectivity index (χ1n) is 5.49. The maximum Gasteiger partial charge on any atom is 0.227 e. The third-order valence-corrected chi connectivity index (χ3v) is 2.95. The maximum absolute atomic E-state index is 11.8. The van der Waals surface area contributed by atoms with E-state index in [1.165, 1.54) is 0 Å². The highest BCUT2D eigenvalue weighted by Crippen LogP contribution is 2.10. The number of rotatable bonds is 6. The summed E-state index contributed by atoms with van der Waals surface area (Å²) in [5.41, 5.74) is 0. The second-order valence-corrected chi connectivity index (χ2v) is 4.43. The number of aromatic nitrogens is 1. The lowest BCUT2D eigenvalue weighted by Gasteiger charge is -2.15. The summed E-state index contributed by atoms with van der Waals surface area (Å²) in [7, 11) is 1.77. The third kappa shape index (κ3) is 4.31. The zero-order valence-electron chi connectivity index (χ0n) is 9.53. The number of amides is 1. The number of carbonyl (C=O) groups excluding carboxylic acids is 1. The van der Waals surface area contributed by atoms with Gasteiger partial charge in [-0.05, 0) is 25.0 Å².